The molecule has 0 bridgehead atoms. The Morgan fingerprint density at radius 1 is 1.09 bits per heavy atom. The summed E-state index contributed by atoms with van der Waals surface area (Å²) in [6.45, 7) is 6.05. The molecule has 1 aromatic rings. The van der Waals surface area contributed by atoms with Gasteiger partial charge in [-0.25, -0.2) is 0 Å². The fourth-order valence-corrected chi connectivity index (χ4v) is 2.88. The van der Waals surface area contributed by atoms with Crippen molar-refractivity contribution in [3.63, 3.8) is 0 Å². The highest BCUT2D eigenvalue weighted by atomic mass is 127. The molecule has 0 amide bonds. The van der Waals surface area contributed by atoms with Gasteiger partial charge in [0.2, 0.25) is 0 Å². The zero-order valence-electron chi connectivity index (χ0n) is 13.7. The van der Waals surface area contributed by atoms with Crippen LogP contribution in [0.3, 0.4) is 0 Å². The highest BCUT2D eigenvalue weighted by molar-refractivity contribution is 14.0. The van der Waals surface area contributed by atoms with E-state index in [0.717, 1.165) is 63.4 Å². The zero-order chi connectivity index (χ0) is 15.4. The van der Waals surface area contributed by atoms with Gasteiger partial charge in [-0.2, -0.15) is 0 Å². The summed E-state index contributed by atoms with van der Waals surface area (Å²) >= 11 is 0. The van der Waals surface area contributed by atoms with Crippen LogP contribution in [0.5, 0.6) is 11.5 Å². The molecule has 0 aromatic heterocycles. The van der Waals surface area contributed by atoms with Crippen molar-refractivity contribution < 1.29 is 14.2 Å². The van der Waals surface area contributed by atoms with E-state index in [1.54, 1.807) is 14.2 Å². The average Bonchev–Trinajstić information content (AvgIpc) is 3.03. The van der Waals surface area contributed by atoms with Gasteiger partial charge >= 0.3 is 0 Å². The Morgan fingerprint density at radius 3 is 2.52 bits per heavy atom. The molecule has 0 atom stereocenters. The zero-order valence-corrected chi connectivity index (χ0v) is 16.0. The van der Waals surface area contributed by atoms with Crippen molar-refractivity contribution in [2.75, 3.05) is 53.6 Å². The van der Waals surface area contributed by atoms with E-state index < -0.39 is 0 Å². The molecule has 7 heteroatoms. The van der Waals surface area contributed by atoms with Gasteiger partial charge in [-0.15, -0.1) is 24.0 Å². The lowest BCUT2D eigenvalue weighted by molar-refractivity contribution is 0.0631. The Hall–Kier alpha value is -1.22. The molecule has 128 valence electrons. The first-order chi connectivity index (χ1) is 10.8. The number of nitrogens with zero attached hydrogens (tertiary/aromatic N) is 3. The predicted octanol–water partition coefficient (Wildman–Crippen LogP) is 1.83. The first-order valence-electron chi connectivity index (χ1n) is 7.65. The Labute approximate surface area is 154 Å². The van der Waals surface area contributed by atoms with Crippen molar-refractivity contribution in [1.82, 2.24) is 9.80 Å². The van der Waals surface area contributed by atoms with Crippen LogP contribution >= 0.6 is 24.0 Å². The lowest BCUT2D eigenvalue weighted by atomic mass is 10.2. The van der Waals surface area contributed by atoms with Crippen LogP contribution in [0, 0.1) is 0 Å². The Bertz CT molecular complexity index is 547. The number of morpholine rings is 1. The normalized spacial score (nSPS) is 17.6. The predicted molar refractivity (Wildman–Crippen MR) is 100 cm³/mol. The number of aliphatic imine (C=N–C) groups is 1. The molecular formula is C16H24IN3O3. The van der Waals surface area contributed by atoms with Crippen molar-refractivity contribution in [1.29, 1.82) is 0 Å². The highest BCUT2D eigenvalue weighted by Crippen LogP contribution is 2.28. The van der Waals surface area contributed by atoms with Gasteiger partial charge in [-0.1, -0.05) is 6.07 Å². The minimum absolute atomic E-state index is 0. The molecule has 1 aromatic carbocycles. The summed E-state index contributed by atoms with van der Waals surface area (Å²) in [6, 6.07) is 6.07. The van der Waals surface area contributed by atoms with Gasteiger partial charge < -0.3 is 24.0 Å². The van der Waals surface area contributed by atoms with E-state index in [9.17, 15) is 0 Å². The molecule has 1 saturated heterocycles. The van der Waals surface area contributed by atoms with Gasteiger partial charge in [0.25, 0.3) is 0 Å². The summed E-state index contributed by atoms with van der Waals surface area (Å²) in [6.07, 6.45) is 0. The maximum Gasteiger partial charge on any atom is 0.197 e. The molecule has 3 rings (SSSR count). The fraction of sp³-hybridized carbons (Fsp3) is 0.562. The van der Waals surface area contributed by atoms with Gasteiger partial charge in [-0.05, 0) is 17.7 Å². The molecule has 1 fully saturated rings. The van der Waals surface area contributed by atoms with Crippen LogP contribution in [0.15, 0.2) is 23.2 Å². The molecule has 0 aliphatic carbocycles. The van der Waals surface area contributed by atoms with Crippen LogP contribution in [-0.4, -0.2) is 69.4 Å². The van der Waals surface area contributed by atoms with Crippen LogP contribution in [0.1, 0.15) is 5.56 Å². The molecule has 23 heavy (non-hydrogen) atoms. The van der Waals surface area contributed by atoms with Crippen molar-refractivity contribution >= 4 is 29.9 Å². The summed E-state index contributed by atoms with van der Waals surface area (Å²) in [4.78, 5) is 9.31. The van der Waals surface area contributed by atoms with Crippen molar-refractivity contribution in [2.24, 2.45) is 4.99 Å². The molecule has 0 saturated carbocycles. The van der Waals surface area contributed by atoms with E-state index in [2.05, 4.69) is 20.9 Å². The standard InChI is InChI=1S/C16H23N3O3.HI/c1-20-14-4-3-13(11-15(14)21-2)12-19-6-5-17-16(19)18-7-9-22-10-8-18;/h3-4,11H,5-10,12H2,1-2H3;1H. The van der Waals surface area contributed by atoms with E-state index >= 15 is 0 Å². The monoisotopic (exact) mass is 433 g/mol. The molecule has 0 unspecified atom stereocenters. The quantitative estimate of drug-likeness (QED) is 0.679. The largest absolute Gasteiger partial charge is 0.493 e. The lowest BCUT2D eigenvalue weighted by Crippen LogP contribution is -2.47. The smallest absolute Gasteiger partial charge is 0.197 e. The summed E-state index contributed by atoms with van der Waals surface area (Å²) in [7, 11) is 3.32. The summed E-state index contributed by atoms with van der Waals surface area (Å²) < 4.78 is 16.1. The Kier molecular flexibility index (Phi) is 6.76. The van der Waals surface area contributed by atoms with E-state index in [-0.39, 0.29) is 24.0 Å². The van der Waals surface area contributed by atoms with E-state index in [4.69, 9.17) is 14.2 Å². The van der Waals surface area contributed by atoms with E-state index in [0.29, 0.717) is 0 Å². The SMILES string of the molecule is COc1ccc(CN2CCN=C2N2CCOCC2)cc1OC.I. The lowest BCUT2D eigenvalue weighted by Gasteiger charge is -2.33. The fourth-order valence-electron chi connectivity index (χ4n) is 2.88. The summed E-state index contributed by atoms with van der Waals surface area (Å²) in [5, 5.41) is 0. The number of methoxy groups -OCH3 is 2. The molecule has 2 heterocycles. The first kappa shape index (κ1) is 18.1. The van der Waals surface area contributed by atoms with Crippen molar-refractivity contribution in [2.45, 2.75) is 6.54 Å². The minimum atomic E-state index is 0. The first-order valence-corrected chi connectivity index (χ1v) is 7.65. The van der Waals surface area contributed by atoms with E-state index in [1.165, 1.54) is 5.56 Å². The maximum atomic E-state index is 5.42. The molecular weight excluding hydrogens is 409 g/mol. The third kappa shape index (κ3) is 4.20. The number of rotatable bonds is 4. The van der Waals surface area contributed by atoms with Crippen LogP contribution in [0.25, 0.3) is 0 Å². The molecule has 0 N–H and O–H groups in total. The number of ether oxygens (including phenoxy) is 3. The minimum Gasteiger partial charge on any atom is -0.493 e. The third-order valence-electron chi connectivity index (χ3n) is 4.02. The second-order valence-electron chi connectivity index (χ2n) is 5.39. The molecule has 0 radical (unpaired) electrons. The van der Waals surface area contributed by atoms with Gasteiger partial charge in [0.1, 0.15) is 0 Å². The number of halogens is 1. The average molecular weight is 433 g/mol. The number of guanidine groups is 1. The number of hydrogen-bond acceptors (Lipinski definition) is 6. The van der Waals surface area contributed by atoms with Gasteiger partial charge in [0, 0.05) is 26.2 Å². The Balaban J connectivity index is 0.00000192. The second-order valence-corrected chi connectivity index (χ2v) is 5.39. The highest BCUT2D eigenvalue weighted by Gasteiger charge is 2.24. The summed E-state index contributed by atoms with van der Waals surface area (Å²) in [5.41, 5.74) is 1.19. The number of hydrogen-bond donors (Lipinski definition) is 0. The van der Waals surface area contributed by atoms with Crippen LogP contribution in [-0.2, 0) is 11.3 Å². The van der Waals surface area contributed by atoms with E-state index in [1.807, 2.05) is 12.1 Å². The van der Waals surface area contributed by atoms with Crippen molar-refractivity contribution in [3.05, 3.63) is 23.8 Å². The second kappa shape index (κ2) is 8.58. The van der Waals surface area contributed by atoms with Gasteiger partial charge in [0.15, 0.2) is 17.5 Å². The topological polar surface area (TPSA) is 46.5 Å². The van der Waals surface area contributed by atoms with Crippen molar-refractivity contribution in [3.8, 4) is 11.5 Å². The van der Waals surface area contributed by atoms with Crippen LogP contribution in [0.2, 0.25) is 0 Å². The van der Waals surface area contributed by atoms with Gasteiger partial charge in [-0.3, -0.25) is 4.99 Å². The van der Waals surface area contributed by atoms with Crippen LogP contribution < -0.4 is 9.47 Å². The maximum absolute atomic E-state index is 5.42. The van der Waals surface area contributed by atoms with Gasteiger partial charge in [0.05, 0.1) is 34.0 Å². The van der Waals surface area contributed by atoms with Crippen LogP contribution in [0.4, 0.5) is 0 Å². The molecule has 2 aliphatic rings. The molecule has 6 nitrogen and oxygen atoms in total. The number of benzene rings is 1. The third-order valence-corrected chi connectivity index (χ3v) is 4.02. The summed E-state index contributed by atoms with van der Waals surface area (Å²) in [5.74, 6) is 2.62. The Morgan fingerprint density at radius 2 is 1.83 bits per heavy atom. The molecule has 0 spiro atoms. The molecule has 2 aliphatic heterocycles.